The minimum Gasteiger partial charge on any atom is -0.356 e. The summed E-state index contributed by atoms with van der Waals surface area (Å²) < 4.78 is 3.93. The van der Waals surface area contributed by atoms with Gasteiger partial charge >= 0.3 is 0 Å². The highest BCUT2D eigenvalue weighted by Gasteiger charge is 2.27. The monoisotopic (exact) mass is 396 g/mol. The summed E-state index contributed by atoms with van der Waals surface area (Å²) in [7, 11) is 0. The van der Waals surface area contributed by atoms with Crippen LogP contribution >= 0.6 is 0 Å². The van der Waals surface area contributed by atoms with Crippen LogP contribution in [0.15, 0.2) is 67.1 Å². The first-order chi connectivity index (χ1) is 14.9. The quantitative estimate of drug-likeness (QED) is 0.466. The lowest BCUT2D eigenvalue weighted by Crippen LogP contribution is -2.36. The van der Waals surface area contributed by atoms with E-state index in [1.54, 1.807) is 6.33 Å². The minimum absolute atomic E-state index is 0.295. The van der Waals surface area contributed by atoms with Gasteiger partial charge in [0.1, 0.15) is 18.0 Å². The van der Waals surface area contributed by atoms with Gasteiger partial charge in [0, 0.05) is 36.8 Å². The molecule has 5 heterocycles. The van der Waals surface area contributed by atoms with Gasteiger partial charge in [-0.3, -0.25) is 4.40 Å². The number of piperidine rings is 1. The molecule has 1 atom stereocenters. The third kappa shape index (κ3) is 2.80. The van der Waals surface area contributed by atoms with Crippen LogP contribution in [0.4, 0.5) is 5.82 Å². The molecule has 5 aromatic rings. The van der Waals surface area contributed by atoms with E-state index in [0.717, 1.165) is 54.5 Å². The fourth-order valence-electron chi connectivity index (χ4n) is 4.31. The lowest BCUT2D eigenvalue weighted by atomic mass is 9.97. The summed E-state index contributed by atoms with van der Waals surface area (Å²) in [5.41, 5.74) is 2.86. The third-order valence-corrected chi connectivity index (χ3v) is 5.75. The van der Waals surface area contributed by atoms with Crippen molar-refractivity contribution in [3.63, 3.8) is 0 Å². The molecule has 0 aliphatic carbocycles. The second-order valence-electron chi connectivity index (χ2n) is 7.61. The summed E-state index contributed by atoms with van der Waals surface area (Å²) in [4.78, 5) is 11.4. The van der Waals surface area contributed by atoms with Crippen molar-refractivity contribution in [1.29, 1.82) is 0 Å². The largest absolute Gasteiger partial charge is 0.356 e. The van der Waals surface area contributed by atoms with E-state index in [4.69, 9.17) is 4.98 Å². The van der Waals surface area contributed by atoms with Crippen molar-refractivity contribution in [3.05, 3.63) is 72.9 Å². The average Bonchev–Trinajstić information content (AvgIpc) is 3.46. The first kappa shape index (κ1) is 17.1. The molecule has 1 aliphatic heterocycles. The normalized spacial score (nSPS) is 17.1. The molecule has 0 saturated carbocycles. The van der Waals surface area contributed by atoms with E-state index in [1.807, 2.05) is 47.1 Å². The van der Waals surface area contributed by atoms with Gasteiger partial charge in [-0.2, -0.15) is 14.6 Å². The van der Waals surface area contributed by atoms with E-state index < -0.39 is 0 Å². The van der Waals surface area contributed by atoms with Crippen LogP contribution in [0.1, 0.15) is 24.6 Å². The summed E-state index contributed by atoms with van der Waals surface area (Å²) >= 11 is 0. The standard InChI is InChI=1S/C22H20N8/c1-2-7-16(8-3-1)18-13-20(30-22(25-18)23-15-24-30)28-11-6-9-17(14-28)21-27-26-19-10-4-5-12-29(19)21/h1-5,7-8,10,12-13,15,17H,6,9,11,14H2. The van der Waals surface area contributed by atoms with Crippen LogP contribution in [0, 0.1) is 0 Å². The Balaban J connectivity index is 1.40. The molecule has 0 spiro atoms. The summed E-state index contributed by atoms with van der Waals surface area (Å²) in [6, 6.07) is 18.3. The molecule has 0 amide bonds. The number of pyridine rings is 1. The first-order valence-corrected chi connectivity index (χ1v) is 10.2. The van der Waals surface area contributed by atoms with E-state index in [9.17, 15) is 0 Å². The van der Waals surface area contributed by atoms with Gasteiger partial charge in [0.25, 0.3) is 5.78 Å². The zero-order valence-corrected chi connectivity index (χ0v) is 16.3. The number of hydrogen-bond donors (Lipinski definition) is 0. The predicted molar refractivity (Wildman–Crippen MR) is 113 cm³/mol. The molecule has 1 saturated heterocycles. The van der Waals surface area contributed by atoms with Crippen LogP contribution in [0.3, 0.4) is 0 Å². The van der Waals surface area contributed by atoms with Gasteiger partial charge in [-0.1, -0.05) is 36.4 Å². The molecule has 0 radical (unpaired) electrons. The van der Waals surface area contributed by atoms with Crippen LogP contribution < -0.4 is 4.90 Å². The fraction of sp³-hybridized carbons (Fsp3) is 0.227. The van der Waals surface area contributed by atoms with Gasteiger partial charge in [-0.15, -0.1) is 10.2 Å². The van der Waals surface area contributed by atoms with Gasteiger partial charge in [0.05, 0.1) is 5.69 Å². The molecular formula is C22H20N8. The predicted octanol–water partition coefficient (Wildman–Crippen LogP) is 3.22. The maximum Gasteiger partial charge on any atom is 0.254 e. The van der Waals surface area contributed by atoms with Crippen molar-refractivity contribution in [3.8, 4) is 11.3 Å². The molecular weight excluding hydrogens is 376 g/mol. The van der Waals surface area contributed by atoms with E-state index >= 15 is 0 Å². The number of fused-ring (bicyclic) bond motifs is 2. The molecule has 1 unspecified atom stereocenters. The number of rotatable bonds is 3. The SMILES string of the molecule is c1ccc(-c2cc(N3CCCC(c4nnc5ccccn45)C3)n3ncnc3n2)cc1. The molecule has 8 nitrogen and oxygen atoms in total. The van der Waals surface area contributed by atoms with Crippen LogP contribution in [-0.2, 0) is 0 Å². The number of nitrogens with zero attached hydrogens (tertiary/aromatic N) is 8. The maximum atomic E-state index is 4.71. The fourth-order valence-corrected chi connectivity index (χ4v) is 4.31. The Kier molecular flexibility index (Phi) is 3.93. The van der Waals surface area contributed by atoms with Crippen molar-refractivity contribution < 1.29 is 0 Å². The molecule has 6 rings (SSSR count). The van der Waals surface area contributed by atoms with Crippen LogP contribution in [0.25, 0.3) is 22.7 Å². The highest BCUT2D eigenvalue weighted by Crippen LogP contribution is 2.31. The van der Waals surface area contributed by atoms with Crippen molar-refractivity contribution in [2.45, 2.75) is 18.8 Å². The van der Waals surface area contributed by atoms with Gasteiger partial charge in [-0.05, 0) is 25.0 Å². The number of benzene rings is 1. The summed E-state index contributed by atoms with van der Waals surface area (Å²) in [6.45, 7) is 1.81. The Bertz CT molecular complexity index is 1320. The molecule has 4 aromatic heterocycles. The van der Waals surface area contributed by atoms with Gasteiger partial charge in [-0.25, -0.2) is 4.98 Å². The molecule has 1 aliphatic rings. The van der Waals surface area contributed by atoms with E-state index in [2.05, 4.69) is 47.8 Å². The van der Waals surface area contributed by atoms with E-state index in [-0.39, 0.29) is 0 Å². The van der Waals surface area contributed by atoms with E-state index in [0.29, 0.717) is 11.7 Å². The lowest BCUT2D eigenvalue weighted by Gasteiger charge is -2.33. The topological polar surface area (TPSA) is 76.5 Å². The second-order valence-corrected chi connectivity index (χ2v) is 7.61. The molecule has 0 N–H and O–H groups in total. The first-order valence-electron chi connectivity index (χ1n) is 10.2. The molecule has 30 heavy (non-hydrogen) atoms. The Morgan fingerprint density at radius 2 is 1.87 bits per heavy atom. The molecule has 0 bridgehead atoms. The molecule has 8 heteroatoms. The number of anilines is 1. The van der Waals surface area contributed by atoms with Crippen molar-refractivity contribution in [1.82, 2.24) is 34.2 Å². The maximum absolute atomic E-state index is 4.71. The highest BCUT2D eigenvalue weighted by atomic mass is 15.4. The lowest BCUT2D eigenvalue weighted by molar-refractivity contribution is 0.483. The summed E-state index contributed by atoms with van der Waals surface area (Å²) in [6.07, 6.45) is 5.77. The highest BCUT2D eigenvalue weighted by molar-refractivity contribution is 5.65. The molecule has 148 valence electrons. The number of hydrogen-bond acceptors (Lipinski definition) is 6. The van der Waals surface area contributed by atoms with Crippen LogP contribution in [-0.4, -0.2) is 47.3 Å². The summed E-state index contributed by atoms with van der Waals surface area (Å²) in [5, 5.41) is 13.3. The van der Waals surface area contributed by atoms with Crippen molar-refractivity contribution >= 4 is 17.2 Å². The zero-order chi connectivity index (χ0) is 19.9. The second kappa shape index (κ2) is 6.91. The molecule has 1 fully saturated rings. The number of aromatic nitrogens is 7. The van der Waals surface area contributed by atoms with Crippen LogP contribution in [0.2, 0.25) is 0 Å². The Hall–Kier alpha value is -3.81. The average molecular weight is 396 g/mol. The van der Waals surface area contributed by atoms with Gasteiger partial charge in [0.2, 0.25) is 0 Å². The Morgan fingerprint density at radius 1 is 0.967 bits per heavy atom. The summed E-state index contributed by atoms with van der Waals surface area (Å²) in [5.74, 6) is 2.93. The zero-order valence-electron chi connectivity index (χ0n) is 16.3. The van der Waals surface area contributed by atoms with Gasteiger partial charge < -0.3 is 4.90 Å². The van der Waals surface area contributed by atoms with Crippen molar-refractivity contribution in [2.24, 2.45) is 0 Å². The smallest absolute Gasteiger partial charge is 0.254 e. The third-order valence-electron chi connectivity index (χ3n) is 5.75. The van der Waals surface area contributed by atoms with Gasteiger partial charge in [0.15, 0.2) is 5.65 Å². The minimum atomic E-state index is 0.295. The molecule has 1 aromatic carbocycles. The van der Waals surface area contributed by atoms with Crippen molar-refractivity contribution in [2.75, 3.05) is 18.0 Å². The Morgan fingerprint density at radius 3 is 2.80 bits per heavy atom. The Labute approximate surface area is 172 Å². The van der Waals surface area contributed by atoms with Crippen LogP contribution in [0.5, 0.6) is 0 Å². The van der Waals surface area contributed by atoms with E-state index in [1.165, 1.54) is 0 Å².